The van der Waals surface area contributed by atoms with Gasteiger partial charge in [0.15, 0.2) is 0 Å². The molecule has 1 fully saturated rings. The largest absolute Gasteiger partial charge is 0.330 e. The monoisotopic (exact) mass is 202 g/mol. The van der Waals surface area contributed by atoms with Crippen molar-refractivity contribution in [2.24, 2.45) is 11.7 Å². The van der Waals surface area contributed by atoms with Crippen molar-refractivity contribution in [3.05, 3.63) is 11.1 Å². The molecule has 0 spiro atoms. The van der Waals surface area contributed by atoms with Crippen LogP contribution in [0.3, 0.4) is 0 Å². The third kappa shape index (κ3) is 3.67. The van der Waals surface area contributed by atoms with Crippen LogP contribution in [0.25, 0.3) is 0 Å². The van der Waals surface area contributed by atoms with E-state index in [2.05, 4.69) is 11.8 Å². The van der Waals surface area contributed by atoms with Crippen molar-refractivity contribution in [2.75, 3.05) is 26.2 Å². The molecule has 1 atom stereocenters. The van der Waals surface area contributed by atoms with Gasteiger partial charge in [0.1, 0.15) is 0 Å². The normalized spacial score (nSPS) is 26.4. The lowest BCUT2D eigenvalue weighted by Gasteiger charge is -2.32. The van der Waals surface area contributed by atoms with Crippen molar-refractivity contribution in [1.82, 2.24) is 4.90 Å². The Hall–Kier alpha value is -0.0500. The van der Waals surface area contributed by atoms with Crippen LogP contribution in [-0.4, -0.2) is 31.1 Å². The predicted octanol–water partition coefficient (Wildman–Crippen LogP) is 1.80. The topological polar surface area (TPSA) is 29.3 Å². The van der Waals surface area contributed by atoms with E-state index in [9.17, 15) is 0 Å². The van der Waals surface area contributed by atoms with Crippen LogP contribution in [0.15, 0.2) is 11.1 Å². The van der Waals surface area contributed by atoms with E-state index in [4.69, 9.17) is 17.3 Å². The van der Waals surface area contributed by atoms with Crippen molar-refractivity contribution in [3.63, 3.8) is 0 Å². The molecule has 1 aliphatic rings. The maximum absolute atomic E-state index is 5.66. The highest BCUT2D eigenvalue weighted by atomic mass is 35.5. The van der Waals surface area contributed by atoms with Crippen LogP contribution < -0.4 is 5.73 Å². The summed E-state index contributed by atoms with van der Waals surface area (Å²) in [5, 5.41) is 0. The van der Waals surface area contributed by atoms with Gasteiger partial charge in [-0.15, -0.1) is 0 Å². The van der Waals surface area contributed by atoms with Crippen LogP contribution in [0.4, 0.5) is 0 Å². The summed E-state index contributed by atoms with van der Waals surface area (Å²) in [7, 11) is 0. The molecule has 13 heavy (non-hydrogen) atoms. The second-order valence-electron chi connectivity index (χ2n) is 3.93. The van der Waals surface area contributed by atoms with Gasteiger partial charge in [0.05, 0.1) is 0 Å². The minimum atomic E-state index is 0.692. The molecule has 0 saturated carbocycles. The first-order valence-electron chi connectivity index (χ1n) is 4.94. The molecular weight excluding hydrogens is 184 g/mol. The van der Waals surface area contributed by atoms with Crippen molar-refractivity contribution in [2.45, 2.75) is 19.8 Å². The minimum Gasteiger partial charge on any atom is -0.330 e. The summed E-state index contributed by atoms with van der Waals surface area (Å²) in [6.45, 7) is 6.22. The van der Waals surface area contributed by atoms with Gasteiger partial charge in [-0.2, -0.15) is 0 Å². The van der Waals surface area contributed by atoms with E-state index >= 15 is 0 Å². The molecule has 2 nitrogen and oxygen atoms in total. The Labute approximate surface area is 85.7 Å². The maximum Gasteiger partial charge on any atom is 0.0201 e. The Morgan fingerprint density at radius 2 is 2.46 bits per heavy atom. The number of hydrogen-bond donors (Lipinski definition) is 1. The van der Waals surface area contributed by atoms with Crippen LogP contribution >= 0.6 is 11.6 Å². The van der Waals surface area contributed by atoms with Crippen molar-refractivity contribution >= 4 is 11.6 Å². The first kappa shape index (κ1) is 11.0. The molecule has 0 amide bonds. The lowest BCUT2D eigenvalue weighted by Crippen LogP contribution is -2.39. The second kappa shape index (κ2) is 5.63. The summed E-state index contributed by atoms with van der Waals surface area (Å²) >= 11 is 5.63. The lowest BCUT2D eigenvalue weighted by atomic mass is 9.98. The Kier molecular flexibility index (Phi) is 4.78. The third-order valence-electron chi connectivity index (χ3n) is 2.60. The lowest BCUT2D eigenvalue weighted by molar-refractivity contribution is 0.191. The molecule has 1 saturated heterocycles. The highest BCUT2D eigenvalue weighted by Crippen LogP contribution is 2.16. The average molecular weight is 203 g/mol. The predicted molar refractivity (Wildman–Crippen MR) is 57.8 cm³/mol. The molecule has 1 heterocycles. The van der Waals surface area contributed by atoms with Crippen molar-refractivity contribution in [1.29, 1.82) is 0 Å². The van der Waals surface area contributed by atoms with E-state index < -0.39 is 0 Å². The number of rotatable bonds is 3. The van der Waals surface area contributed by atoms with Gasteiger partial charge in [-0.3, -0.25) is 4.90 Å². The molecule has 3 heteroatoms. The van der Waals surface area contributed by atoms with E-state index in [1.807, 2.05) is 0 Å². The van der Waals surface area contributed by atoms with Crippen molar-refractivity contribution < 1.29 is 0 Å². The first-order valence-corrected chi connectivity index (χ1v) is 5.38. The Morgan fingerprint density at radius 1 is 1.69 bits per heavy atom. The summed E-state index contributed by atoms with van der Waals surface area (Å²) < 4.78 is 0. The number of halogens is 1. The molecule has 1 unspecified atom stereocenters. The zero-order valence-corrected chi connectivity index (χ0v) is 9.06. The fraction of sp³-hybridized carbons (Fsp3) is 0.800. The molecule has 0 aliphatic carbocycles. The minimum absolute atomic E-state index is 0.692. The first-order chi connectivity index (χ1) is 6.26. The van der Waals surface area contributed by atoms with Crippen molar-refractivity contribution in [3.8, 4) is 0 Å². The zero-order chi connectivity index (χ0) is 9.68. The fourth-order valence-corrected chi connectivity index (χ4v) is 1.94. The van der Waals surface area contributed by atoms with Gasteiger partial charge in [0.25, 0.3) is 0 Å². The van der Waals surface area contributed by atoms with Gasteiger partial charge in [-0.25, -0.2) is 0 Å². The van der Waals surface area contributed by atoms with E-state index in [0.29, 0.717) is 5.92 Å². The molecule has 0 radical (unpaired) electrons. The van der Waals surface area contributed by atoms with E-state index in [1.54, 1.807) is 5.54 Å². The average Bonchev–Trinajstić information content (AvgIpc) is 2.18. The molecule has 0 aromatic carbocycles. The van der Waals surface area contributed by atoms with Crippen LogP contribution in [0, 0.1) is 5.92 Å². The van der Waals surface area contributed by atoms with Gasteiger partial charge < -0.3 is 5.73 Å². The molecule has 0 aromatic rings. The SMILES string of the molecule is CC(=CCl)CN1CCCC(CN)C1. The summed E-state index contributed by atoms with van der Waals surface area (Å²) in [4.78, 5) is 2.44. The summed E-state index contributed by atoms with van der Waals surface area (Å²) in [5.74, 6) is 0.692. The number of hydrogen-bond acceptors (Lipinski definition) is 2. The number of piperidine rings is 1. The summed E-state index contributed by atoms with van der Waals surface area (Å²) in [6.07, 6.45) is 2.56. The molecule has 1 aliphatic heterocycles. The molecular formula is C10H19ClN2. The molecule has 2 N–H and O–H groups in total. The zero-order valence-electron chi connectivity index (χ0n) is 8.30. The number of likely N-dealkylation sites (tertiary alicyclic amines) is 1. The van der Waals surface area contributed by atoms with Gasteiger partial charge in [-0.1, -0.05) is 11.6 Å². The maximum atomic E-state index is 5.66. The smallest absolute Gasteiger partial charge is 0.0201 e. The molecule has 0 aromatic heterocycles. The second-order valence-corrected chi connectivity index (χ2v) is 4.15. The Morgan fingerprint density at radius 3 is 3.08 bits per heavy atom. The van der Waals surface area contributed by atoms with E-state index in [1.165, 1.54) is 25.0 Å². The van der Waals surface area contributed by atoms with Gasteiger partial charge in [0.2, 0.25) is 0 Å². The highest BCUT2D eigenvalue weighted by molar-refractivity contribution is 6.25. The number of nitrogens with two attached hydrogens (primary N) is 1. The summed E-state index contributed by atoms with van der Waals surface area (Å²) in [6, 6.07) is 0. The van der Waals surface area contributed by atoms with E-state index in [0.717, 1.165) is 19.6 Å². The van der Waals surface area contributed by atoms with E-state index in [-0.39, 0.29) is 0 Å². The van der Waals surface area contributed by atoms with Crippen LogP contribution in [0.5, 0.6) is 0 Å². The number of nitrogens with zero attached hydrogens (tertiary/aromatic N) is 1. The molecule has 76 valence electrons. The Bertz CT molecular complexity index is 180. The molecule has 1 rings (SSSR count). The van der Waals surface area contributed by atoms with Crippen LogP contribution in [0.1, 0.15) is 19.8 Å². The van der Waals surface area contributed by atoms with Gasteiger partial charge in [-0.05, 0) is 44.3 Å². The fourth-order valence-electron chi connectivity index (χ4n) is 1.87. The third-order valence-corrected chi connectivity index (χ3v) is 2.97. The standard InChI is InChI=1S/C10H19ClN2/c1-9(5-11)7-13-4-2-3-10(6-12)8-13/h5,10H,2-4,6-8,12H2,1H3. The highest BCUT2D eigenvalue weighted by Gasteiger charge is 2.18. The Balaban J connectivity index is 2.34. The van der Waals surface area contributed by atoms with Gasteiger partial charge in [0, 0.05) is 18.6 Å². The van der Waals surface area contributed by atoms with Crippen LogP contribution in [-0.2, 0) is 0 Å². The molecule has 0 bridgehead atoms. The van der Waals surface area contributed by atoms with Crippen LogP contribution in [0.2, 0.25) is 0 Å². The summed E-state index contributed by atoms with van der Waals surface area (Å²) in [5.41, 5.74) is 8.57. The van der Waals surface area contributed by atoms with Gasteiger partial charge >= 0.3 is 0 Å². The quantitative estimate of drug-likeness (QED) is 0.757.